The second-order valence-corrected chi connectivity index (χ2v) is 5.83. The first-order valence-electron chi connectivity index (χ1n) is 7.84. The molecule has 1 heterocycles. The van der Waals surface area contributed by atoms with Gasteiger partial charge in [0.25, 0.3) is 0 Å². The predicted molar refractivity (Wildman–Crippen MR) is 90.3 cm³/mol. The van der Waals surface area contributed by atoms with Crippen LogP contribution in [0.1, 0.15) is 11.1 Å². The molecule has 0 fully saturated rings. The molecule has 1 aliphatic heterocycles. The molecule has 3 rings (SSSR count). The number of alkyl halides is 3. The van der Waals surface area contributed by atoms with Crippen LogP contribution in [0.15, 0.2) is 42.0 Å². The van der Waals surface area contributed by atoms with Gasteiger partial charge in [0, 0.05) is 11.1 Å². The minimum atomic E-state index is -4.86. The third kappa shape index (κ3) is 3.69. The van der Waals surface area contributed by atoms with Crippen molar-refractivity contribution in [2.24, 2.45) is 0 Å². The molecule has 0 aromatic heterocycles. The monoisotopic (exact) mass is 380 g/mol. The summed E-state index contributed by atoms with van der Waals surface area (Å²) in [4.78, 5) is 11.2. The molecule has 0 saturated heterocycles. The molecule has 1 N–H and O–H groups in total. The van der Waals surface area contributed by atoms with Gasteiger partial charge in [0.15, 0.2) is 0 Å². The summed E-state index contributed by atoms with van der Waals surface area (Å²) in [5.74, 6) is -0.351. The van der Waals surface area contributed by atoms with Crippen LogP contribution in [0.3, 0.4) is 0 Å². The SMILES string of the molecule is COc1ccc(Oc2ccc3c(c2C)OC(C(F)(F)F)C(C(=O)O)=C3)cc1. The van der Waals surface area contributed by atoms with Crippen molar-refractivity contribution in [2.45, 2.75) is 19.2 Å². The smallest absolute Gasteiger partial charge is 0.430 e. The summed E-state index contributed by atoms with van der Waals surface area (Å²) in [6.45, 7) is 1.55. The van der Waals surface area contributed by atoms with Gasteiger partial charge in [0.1, 0.15) is 23.0 Å². The summed E-state index contributed by atoms with van der Waals surface area (Å²) in [7, 11) is 1.52. The minimum absolute atomic E-state index is 0.0617. The summed E-state index contributed by atoms with van der Waals surface area (Å²) in [5.41, 5.74) is -0.288. The third-order valence-corrected chi connectivity index (χ3v) is 4.05. The molecule has 0 bridgehead atoms. The van der Waals surface area contributed by atoms with Gasteiger partial charge in [0.05, 0.1) is 12.7 Å². The van der Waals surface area contributed by atoms with Crippen molar-refractivity contribution >= 4 is 12.0 Å². The Labute approximate surface area is 152 Å². The molecule has 1 atom stereocenters. The zero-order chi connectivity index (χ0) is 19.8. The molecule has 0 aliphatic carbocycles. The summed E-state index contributed by atoms with van der Waals surface area (Å²) < 4.78 is 55.5. The first kappa shape index (κ1) is 18.6. The number of hydrogen-bond acceptors (Lipinski definition) is 4. The molecule has 0 spiro atoms. The highest BCUT2D eigenvalue weighted by Crippen LogP contribution is 2.42. The Morgan fingerprint density at radius 2 is 1.74 bits per heavy atom. The molecule has 0 amide bonds. The fourth-order valence-corrected chi connectivity index (χ4v) is 2.69. The molecule has 1 unspecified atom stereocenters. The molecular formula is C19H15F3O5. The number of carboxylic acids is 1. The van der Waals surface area contributed by atoms with E-state index < -0.39 is 23.8 Å². The lowest BCUT2D eigenvalue weighted by molar-refractivity contribution is -0.187. The Balaban J connectivity index is 1.98. The molecule has 5 nitrogen and oxygen atoms in total. The number of fused-ring (bicyclic) bond motifs is 1. The maximum absolute atomic E-state index is 13.2. The fraction of sp³-hybridized carbons (Fsp3) is 0.211. The van der Waals surface area contributed by atoms with Gasteiger partial charge in [-0.05, 0) is 49.4 Å². The van der Waals surface area contributed by atoms with Gasteiger partial charge < -0.3 is 19.3 Å². The third-order valence-electron chi connectivity index (χ3n) is 4.05. The lowest BCUT2D eigenvalue weighted by atomic mass is 9.99. The lowest BCUT2D eigenvalue weighted by Gasteiger charge is -2.28. The molecule has 1 aliphatic rings. The highest BCUT2D eigenvalue weighted by molar-refractivity contribution is 5.95. The van der Waals surface area contributed by atoms with E-state index in [2.05, 4.69) is 0 Å². The van der Waals surface area contributed by atoms with Crippen LogP contribution in [0.25, 0.3) is 6.08 Å². The quantitative estimate of drug-likeness (QED) is 0.841. The van der Waals surface area contributed by atoms with Crippen LogP contribution >= 0.6 is 0 Å². The number of ether oxygens (including phenoxy) is 3. The number of methoxy groups -OCH3 is 1. The van der Waals surface area contributed by atoms with E-state index in [0.717, 1.165) is 6.08 Å². The molecule has 142 valence electrons. The van der Waals surface area contributed by atoms with E-state index >= 15 is 0 Å². The molecule has 8 heteroatoms. The summed E-state index contributed by atoms with van der Waals surface area (Å²) in [6.07, 6.45) is -6.43. The van der Waals surface area contributed by atoms with E-state index in [0.29, 0.717) is 22.8 Å². The number of halogens is 3. The highest BCUT2D eigenvalue weighted by Gasteiger charge is 2.48. The van der Waals surface area contributed by atoms with E-state index in [1.807, 2.05) is 0 Å². The van der Waals surface area contributed by atoms with Gasteiger partial charge in [0.2, 0.25) is 6.10 Å². The Kier molecular flexibility index (Phi) is 4.73. The Morgan fingerprint density at radius 3 is 2.30 bits per heavy atom. The van der Waals surface area contributed by atoms with Gasteiger partial charge in [-0.1, -0.05) is 0 Å². The van der Waals surface area contributed by atoms with E-state index in [4.69, 9.17) is 19.3 Å². The van der Waals surface area contributed by atoms with Gasteiger partial charge in [-0.15, -0.1) is 0 Å². The van der Waals surface area contributed by atoms with Gasteiger partial charge in [-0.3, -0.25) is 0 Å². The molecule has 2 aromatic rings. The van der Waals surface area contributed by atoms with E-state index in [1.54, 1.807) is 37.3 Å². The maximum atomic E-state index is 13.2. The van der Waals surface area contributed by atoms with Crippen molar-refractivity contribution in [3.8, 4) is 23.0 Å². The van der Waals surface area contributed by atoms with Crippen LogP contribution in [-0.2, 0) is 4.79 Å². The Bertz CT molecular complexity index is 901. The Hall–Kier alpha value is -3.16. The van der Waals surface area contributed by atoms with Crippen molar-refractivity contribution in [3.05, 3.63) is 53.1 Å². The number of hydrogen-bond donors (Lipinski definition) is 1. The normalized spacial score (nSPS) is 16.0. The number of benzene rings is 2. The van der Waals surface area contributed by atoms with E-state index in [1.165, 1.54) is 13.2 Å². The first-order chi connectivity index (χ1) is 12.7. The topological polar surface area (TPSA) is 65.0 Å². The molecule has 0 saturated carbocycles. The van der Waals surface area contributed by atoms with Gasteiger partial charge in [-0.25, -0.2) is 4.79 Å². The summed E-state index contributed by atoms with van der Waals surface area (Å²) in [6, 6.07) is 9.67. The highest BCUT2D eigenvalue weighted by atomic mass is 19.4. The lowest BCUT2D eigenvalue weighted by Crippen LogP contribution is -2.40. The van der Waals surface area contributed by atoms with Crippen LogP contribution in [0.2, 0.25) is 0 Å². The van der Waals surface area contributed by atoms with E-state index in [-0.39, 0.29) is 11.3 Å². The molecule has 0 radical (unpaired) electrons. The van der Waals surface area contributed by atoms with Crippen molar-refractivity contribution in [2.75, 3.05) is 7.11 Å². The summed E-state index contributed by atoms with van der Waals surface area (Å²) >= 11 is 0. The zero-order valence-corrected chi connectivity index (χ0v) is 14.3. The standard InChI is InChI=1S/C19H15F3O5/c1-10-15(26-13-6-4-12(25-2)5-7-13)8-3-11-9-14(18(23)24)17(19(20,21)22)27-16(10)11/h3-9,17H,1-2H3,(H,23,24). The van der Waals surface area contributed by atoms with E-state index in [9.17, 15) is 18.0 Å². The fourth-order valence-electron chi connectivity index (χ4n) is 2.69. The van der Waals surface area contributed by atoms with Crippen LogP contribution < -0.4 is 14.2 Å². The molecular weight excluding hydrogens is 365 g/mol. The number of carboxylic acid groups (broad SMARTS) is 1. The average Bonchev–Trinajstić information content (AvgIpc) is 2.63. The van der Waals surface area contributed by atoms with Crippen LogP contribution in [0.4, 0.5) is 13.2 Å². The number of aliphatic carboxylic acids is 1. The van der Waals surface area contributed by atoms with Crippen molar-refractivity contribution < 1.29 is 37.3 Å². The van der Waals surface area contributed by atoms with Crippen molar-refractivity contribution in [3.63, 3.8) is 0 Å². The first-order valence-corrected chi connectivity index (χ1v) is 7.84. The predicted octanol–water partition coefficient (Wildman–Crippen LogP) is 4.59. The summed E-state index contributed by atoms with van der Waals surface area (Å²) in [5, 5.41) is 9.08. The van der Waals surface area contributed by atoms with Gasteiger partial charge >= 0.3 is 12.1 Å². The molecule has 27 heavy (non-hydrogen) atoms. The zero-order valence-electron chi connectivity index (χ0n) is 14.3. The number of rotatable bonds is 4. The average molecular weight is 380 g/mol. The molecule has 2 aromatic carbocycles. The second kappa shape index (κ2) is 6.86. The Morgan fingerprint density at radius 1 is 1.11 bits per heavy atom. The van der Waals surface area contributed by atoms with Crippen molar-refractivity contribution in [1.82, 2.24) is 0 Å². The second-order valence-electron chi connectivity index (χ2n) is 5.83. The number of carbonyl (C=O) groups is 1. The minimum Gasteiger partial charge on any atom is -0.497 e. The van der Waals surface area contributed by atoms with Crippen LogP contribution in [0.5, 0.6) is 23.0 Å². The maximum Gasteiger partial charge on any atom is 0.430 e. The largest absolute Gasteiger partial charge is 0.497 e. The van der Waals surface area contributed by atoms with Crippen LogP contribution in [0, 0.1) is 6.92 Å². The van der Waals surface area contributed by atoms with Crippen molar-refractivity contribution in [1.29, 1.82) is 0 Å². The van der Waals surface area contributed by atoms with Gasteiger partial charge in [-0.2, -0.15) is 13.2 Å². The van der Waals surface area contributed by atoms with Crippen LogP contribution in [-0.4, -0.2) is 30.5 Å².